The Morgan fingerprint density at radius 2 is 1.40 bits per heavy atom. The summed E-state index contributed by atoms with van der Waals surface area (Å²) in [4.78, 5) is 53.8. The predicted molar refractivity (Wildman–Crippen MR) is 172 cm³/mol. The van der Waals surface area contributed by atoms with Gasteiger partial charge in [0.25, 0.3) is 0 Å². The first-order chi connectivity index (χ1) is 22.0. The molecule has 0 saturated heterocycles. The monoisotopic (exact) mass is 652 g/mol. The second-order valence-electron chi connectivity index (χ2n) is 12.8. The maximum atomic E-state index is 13.4. The first kappa shape index (κ1) is 36.5. The lowest BCUT2D eigenvalue weighted by atomic mass is 10.1. The number of ether oxygens (including phenoxy) is 5. The third-order valence-electron chi connectivity index (χ3n) is 6.71. The van der Waals surface area contributed by atoms with Gasteiger partial charge in [-0.15, -0.1) is 0 Å². The second-order valence-corrected chi connectivity index (χ2v) is 12.8. The Bertz CT molecular complexity index is 1510. The van der Waals surface area contributed by atoms with E-state index < -0.39 is 41.4 Å². The van der Waals surface area contributed by atoms with Gasteiger partial charge in [0.15, 0.2) is 5.69 Å². The molecule has 12 nitrogen and oxygen atoms in total. The maximum Gasteiger partial charge on any atom is 0.420 e. The van der Waals surface area contributed by atoms with Gasteiger partial charge in [-0.3, -0.25) is 0 Å². The van der Waals surface area contributed by atoms with Crippen LogP contribution in [-0.2, 0) is 43.3 Å². The largest absolute Gasteiger partial charge is 0.505 e. The van der Waals surface area contributed by atoms with E-state index >= 15 is 0 Å². The molecule has 254 valence electrons. The molecular weight excluding hydrogens is 608 g/mol. The topological polar surface area (TPSA) is 143 Å². The first-order valence-corrected chi connectivity index (χ1v) is 15.1. The van der Waals surface area contributed by atoms with Crippen LogP contribution in [0.5, 0.6) is 11.5 Å². The number of methoxy groups -OCH3 is 2. The molecule has 47 heavy (non-hydrogen) atoms. The number of aromatic nitrogens is 1. The zero-order valence-electron chi connectivity index (χ0n) is 28.2. The van der Waals surface area contributed by atoms with Crippen LogP contribution in [0.15, 0.2) is 60.7 Å². The van der Waals surface area contributed by atoms with Gasteiger partial charge in [0.05, 0.1) is 14.2 Å². The highest BCUT2D eigenvalue weighted by atomic mass is 16.6. The zero-order chi connectivity index (χ0) is 34.9. The molecule has 0 aliphatic carbocycles. The van der Waals surface area contributed by atoms with Gasteiger partial charge in [-0.1, -0.05) is 42.5 Å². The maximum absolute atomic E-state index is 13.4. The summed E-state index contributed by atoms with van der Waals surface area (Å²) in [5, 5.41) is 11.0. The standard InChI is InChI=1S/C35H44N2O10/c1-34(2,3)46-32(41)37(33(42)47-35(4,5)6)27(30(39)44-8)19-16-25-20-28(38)29(31(40)45-22-24-12-10-9-11-13-24)36(25)21-23-14-17-26(43-7)18-15-23/h9-15,17-18,20,27,38H,16,19,21-22H2,1-8H3/t27-/m0/s1. The molecule has 1 atom stereocenters. The summed E-state index contributed by atoms with van der Waals surface area (Å²) in [6, 6.07) is 16.2. The van der Waals surface area contributed by atoms with Gasteiger partial charge in [-0.2, -0.15) is 4.90 Å². The molecule has 0 fully saturated rings. The highest BCUT2D eigenvalue weighted by Crippen LogP contribution is 2.28. The SMILES string of the molecule is COC(=O)[C@H](CCc1cc(O)c(C(=O)OCc2ccccc2)n1Cc1ccc(OC)cc1)N(C(=O)OC(C)(C)C)C(=O)OC(C)(C)C. The van der Waals surface area contributed by atoms with Crippen molar-refractivity contribution >= 4 is 24.1 Å². The molecule has 0 spiro atoms. The van der Waals surface area contributed by atoms with Gasteiger partial charge in [0, 0.05) is 18.3 Å². The molecule has 1 N–H and O–H groups in total. The van der Waals surface area contributed by atoms with E-state index in [1.165, 1.54) is 6.07 Å². The highest BCUT2D eigenvalue weighted by molar-refractivity contribution is 5.94. The van der Waals surface area contributed by atoms with Crippen LogP contribution >= 0.6 is 0 Å². The number of imide groups is 1. The van der Waals surface area contributed by atoms with E-state index in [1.54, 1.807) is 65.4 Å². The quantitative estimate of drug-likeness (QED) is 0.186. The average Bonchev–Trinajstić information content (AvgIpc) is 3.30. The molecule has 1 aromatic heterocycles. The minimum atomic E-state index is -1.47. The number of aromatic hydroxyl groups is 1. The molecule has 2 aromatic carbocycles. The van der Waals surface area contributed by atoms with Gasteiger partial charge in [0.2, 0.25) is 0 Å². The van der Waals surface area contributed by atoms with Crippen LogP contribution in [0.25, 0.3) is 0 Å². The average molecular weight is 653 g/mol. The smallest absolute Gasteiger partial charge is 0.420 e. The Morgan fingerprint density at radius 1 is 0.830 bits per heavy atom. The van der Waals surface area contributed by atoms with Crippen LogP contribution in [-0.4, -0.2) is 70.2 Å². The zero-order valence-corrected chi connectivity index (χ0v) is 28.2. The van der Waals surface area contributed by atoms with Crippen molar-refractivity contribution in [2.24, 2.45) is 0 Å². The lowest BCUT2D eigenvalue weighted by molar-refractivity contribution is -0.147. The molecule has 3 rings (SSSR count). The third-order valence-corrected chi connectivity index (χ3v) is 6.71. The number of carbonyl (C=O) groups excluding carboxylic acids is 4. The van der Waals surface area contributed by atoms with Crippen molar-refractivity contribution in [1.82, 2.24) is 9.47 Å². The summed E-state index contributed by atoms with van der Waals surface area (Å²) in [7, 11) is 2.68. The van der Waals surface area contributed by atoms with Crippen molar-refractivity contribution in [2.75, 3.05) is 14.2 Å². The fourth-order valence-corrected chi connectivity index (χ4v) is 4.62. The van der Waals surface area contributed by atoms with E-state index in [2.05, 4.69) is 0 Å². The molecule has 0 unspecified atom stereocenters. The Balaban J connectivity index is 2.01. The Hall–Kier alpha value is -5.00. The second kappa shape index (κ2) is 15.5. The number of hydrogen-bond acceptors (Lipinski definition) is 10. The molecule has 3 aromatic rings. The van der Waals surface area contributed by atoms with Crippen molar-refractivity contribution in [1.29, 1.82) is 0 Å². The number of esters is 2. The van der Waals surface area contributed by atoms with Crippen LogP contribution < -0.4 is 4.74 Å². The van der Waals surface area contributed by atoms with Crippen molar-refractivity contribution in [3.8, 4) is 11.5 Å². The fourth-order valence-electron chi connectivity index (χ4n) is 4.62. The summed E-state index contributed by atoms with van der Waals surface area (Å²) in [6.07, 6.45) is -2.33. The van der Waals surface area contributed by atoms with Crippen LogP contribution in [0.2, 0.25) is 0 Å². The van der Waals surface area contributed by atoms with Gasteiger partial charge < -0.3 is 33.4 Å². The number of benzene rings is 2. The van der Waals surface area contributed by atoms with Gasteiger partial charge in [0.1, 0.15) is 35.3 Å². The fraction of sp³-hybridized carbons (Fsp3) is 0.429. The summed E-state index contributed by atoms with van der Waals surface area (Å²) >= 11 is 0. The number of rotatable bonds is 11. The lowest BCUT2D eigenvalue weighted by Gasteiger charge is -2.32. The Kier molecular flexibility index (Phi) is 12.0. The molecule has 0 bridgehead atoms. The molecule has 0 saturated carbocycles. The molecule has 2 amide bonds. The van der Waals surface area contributed by atoms with Crippen LogP contribution in [0.1, 0.15) is 75.3 Å². The van der Waals surface area contributed by atoms with Crippen molar-refractivity contribution in [3.05, 3.63) is 83.2 Å². The molecule has 12 heteroatoms. The minimum Gasteiger partial charge on any atom is -0.505 e. The minimum absolute atomic E-state index is 0.0115. The predicted octanol–water partition coefficient (Wildman–Crippen LogP) is 6.25. The van der Waals surface area contributed by atoms with Crippen molar-refractivity contribution < 1.29 is 48.0 Å². The number of nitrogens with zero attached hydrogens (tertiary/aromatic N) is 2. The van der Waals surface area contributed by atoms with E-state index in [4.69, 9.17) is 23.7 Å². The molecule has 1 heterocycles. The van der Waals surface area contributed by atoms with Gasteiger partial charge in [-0.25, -0.2) is 19.2 Å². The Labute approximate surface area is 275 Å². The number of carbonyl (C=O) groups is 4. The number of aryl methyl sites for hydroxylation is 1. The lowest BCUT2D eigenvalue weighted by Crippen LogP contribution is -2.52. The summed E-state index contributed by atoms with van der Waals surface area (Å²) in [5.41, 5.74) is -0.130. The van der Waals surface area contributed by atoms with E-state index in [1.807, 2.05) is 42.5 Å². The molecule has 0 radical (unpaired) electrons. The van der Waals surface area contributed by atoms with Crippen molar-refractivity contribution in [2.45, 2.75) is 84.8 Å². The van der Waals surface area contributed by atoms with Gasteiger partial charge in [-0.05, 0) is 77.6 Å². The summed E-state index contributed by atoms with van der Waals surface area (Å²) in [6.45, 7) is 9.86. The summed E-state index contributed by atoms with van der Waals surface area (Å²) in [5.74, 6) is -1.35. The highest BCUT2D eigenvalue weighted by Gasteiger charge is 2.41. The van der Waals surface area contributed by atoms with E-state index in [9.17, 15) is 24.3 Å². The van der Waals surface area contributed by atoms with E-state index in [-0.39, 0.29) is 37.4 Å². The van der Waals surface area contributed by atoms with E-state index in [0.29, 0.717) is 16.3 Å². The molecule has 0 aliphatic rings. The van der Waals surface area contributed by atoms with Crippen LogP contribution in [0, 0.1) is 0 Å². The van der Waals surface area contributed by atoms with Crippen LogP contribution in [0.4, 0.5) is 9.59 Å². The molecular formula is C35H44N2O10. The van der Waals surface area contributed by atoms with Gasteiger partial charge >= 0.3 is 24.1 Å². The third kappa shape index (κ3) is 10.5. The first-order valence-electron chi connectivity index (χ1n) is 15.1. The normalized spacial score (nSPS) is 12.1. The summed E-state index contributed by atoms with van der Waals surface area (Å²) < 4.78 is 28.3. The van der Waals surface area contributed by atoms with Crippen molar-refractivity contribution in [3.63, 3.8) is 0 Å². The number of amides is 2. The molecule has 0 aliphatic heterocycles. The van der Waals surface area contributed by atoms with Crippen LogP contribution in [0.3, 0.4) is 0 Å². The number of hydrogen-bond donors (Lipinski definition) is 1. The van der Waals surface area contributed by atoms with E-state index in [0.717, 1.165) is 18.2 Å². The Morgan fingerprint density at radius 3 is 1.91 bits per heavy atom.